The third-order valence-electron chi connectivity index (χ3n) is 4.99. The highest BCUT2D eigenvalue weighted by atomic mass is 35.5. The predicted molar refractivity (Wildman–Crippen MR) is 123 cm³/mol. The first-order valence-electron chi connectivity index (χ1n) is 9.52. The molecule has 1 heterocycles. The molecule has 1 amide bonds. The van der Waals surface area contributed by atoms with Crippen molar-refractivity contribution < 1.29 is 9.18 Å². The summed E-state index contributed by atoms with van der Waals surface area (Å²) in [5.41, 5.74) is 5.18. The third kappa shape index (κ3) is 4.48. The number of nitrogens with one attached hydrogen (secondary N) is 1. The van der Waals surface area contributed by atoms with Crippen LogP contribution in [0.25, 0.3) is 16.9 Å². The number of halogens is 3. The average Bonchev–Trinajstić information content (AvgIpc) is 3.19. The lowest BCUT2D eigenvalue weighted by atomic mass is 10.0. The van der Waals surface area contributed by atoms with Crippen LogP contribution in [0.4, 0.5) is 10.1 Å². The number of aromatic nitrogens is 2. The fourth-order valence-corrected chi connectivity index (χ4v) is 3.42. The highest BCUT2D eigenvalue weighted by molar-refractivity contribution is 6.42. The number of hydrogen-bond donors (Lipinski definition) is 1. The lowest BCUT2D eigenvalue weighted by Crippen LogP contribution is -2.17. The van der Waals surface area contributed by atoms with Crippen molar-refractivity contribution in [1.82, 2.24) is 9.78 Å². The van der Waals surface area contributed by atoms with E-state index in [4.69, 9.17) is 23.2 Å². The SMILES string of the molecule is Cc1ccc(-c2cc(C(=O)Nc3ccc(F)cc3)n(-c3ccc(Cl)c(Cl)c3)n2)cc1C. The van der Waals surface area contributed by atoms with E-state index in [2.05, 4.69) is 10.4 Å². The zero-order valence-electron chi connectivity index (χ0n) is 16.8. The van der Waals surface area contributed by atoms with E-state index in [1.807, 2.05) is 32.0 Å². The fourth-order valence-electron chi connectivity index (χ4n) is 3.13. The van der Waals surface area contributed by atoms with Crippen LogP contribution in [-0.2, 0) is 0 Å². The molecule has 0 bridgehead atoms. The molecule has 4 rings (SSSR count). The smallest absolute Gasteiger partial charge is 0.274 e. The summed E-state index contributed by atoms with van der Waals surface area (Å²) in [7, 11) is 0. The van der Waals surface area contributed by atoms with Gasteiger partial charge in [0.1, 0.15) is 11.5 Å². The number of amides is 1. The molecule has 0 radical (unpaired) electrons. The highest BCUT2D eigenvalue weighted by Gasteiger charge is 2.19. The van der Waals surface area contributed by atoms with Crippen LogP contribution >= 0.6 is 23.2 Å². The van der Waals surface area contributed by atoms with Crippen molar-refractivity contribution in [3.05, 3.63) is 99.4 Å². The van der Waals surface area contributed by atoms with Crippen molar-refractivity contribution >= 4 is 34.8 Å². The van der Waals surface area contributed by atoms with E-state index in [0.717, 1.165) is 11.1 Å². The van der Waals surface area contributed by atoms with E-state index < -0.39 is 0 Å². The second-order valence-electron chi connectivity index (χ2n) is 7.19. The zero-order valence-corrected chi connectivity index (χ0v) is 18.3. The van der Waals surface area contributed by atoms with E-state index in [9.17, 15) is 9.18 Å². The normalized spacial score (nSPS) is 10.9. The number of rotatable bonds is 4. The second kappa shape index (κ2) is 8.53. The number of benzene rings is 3. The molecule has 4 nitrogen and oxygen atoms in total. The van der Waals surface area contributed by atoms with Gasteiger partial charge in [-0.3, -0.25) is 4.79 Å². The lowest BCUT2D eigenvalue weighted by molar-refractivity contribution is 0.101. The molecule has 1 N–H and O–H groups in total. The first-order chi connectivity index (χ1) is 14.8. The molecule has 7 heteroatoms. The molecule has 0 spiro atoms. The van der Waals surface area contributed by atoms with E-state index in [0.29, 0.717) is 32.8 Å². The molecule has 3 aromatic carbocycles. The van der Waals surface area contributed by atoms with Gasteiger partial charge in [-0.25, -0.2) is 9.07 Å². The molecule has 31 heavy (non-hydrogen) atoms. The minimum atomic E-state index is -0.389. The summed E-state index contributed by atoms with van der Waals surface area (Å²) in [6, 6.07) is 18.3. The predicted octanol–water partition coefficient (Wildman–Crippen LogP) is 6.85. The van der Waals surface area contributed by atoms with Gasteiger partial charge in [0, 0.05) is 11.3 Å². The minimum Gasteiger partial charge on any atom is -0.321 e. The van der Waals surface area contributed by atoms with Crippen molar-refractivity contribution in [1.29, 1.82) is 0 Å². The Kier molecular flexibility index (Phi) is 5.81. The van der Waals surface area contributed by atoms with Gasteiger partial charge in [-0.05, 0) is 79.6 Å². The van der Waals surface area contributed by atoms with Crippen LogP contribution in [0.2, 0.25) is 10.0 Å². The topological polar surface area (TPSA) is 46.9 Å². The van der Waals surface area contributed by atoms with Crippen LogP contribution in [0, 0.1) is 19.7 Å². The molecule has 1 aromatic heterocycles. The van der Waals surface area contributed by atoms with Gasteiger partial charge in [-0.15, -0.1) is 0 Å². The third-order valence-corrected chi connectivity index (χ3v) is 5.73. The highest BCUT2D eigenvalue weighted by Crippen LogP contribution is 2.28. The van der Waals surface area contributed by atoms with Crippen LogP contribution in [0.15, 0.2) is 66.7 Å². The summed E-state index contributed by atoms with van der Waals surface area (Å²) in [5.74, 6) is -0.767. The molecule has 0 fully saturated rings. The maximum atomic E-state index is 13.2. The van der Waals surface area contributed by atoms with Crippen LogP contribution in [0.3, 0.4) is 0 Å². The molecule has 0 unspecified atom stereocenters. The van der Waals surface area contributed by atoms with E-state index >= 15 is 0 Å². The fraction of sp³-hybridized carbons (Fsp3) is 0.0833. The number of aryl methyl sites for hydroxylation is 2. The van der Waals surface area contributed by atoms with Gasteiger partial charge in [0.2, 0.25) is 0 Å². The van der Waals surface area contributed by atoms with Crippen LogP contribution in [0.1, 0.15) is 21.6 Å². The van der Waals surface area contributed by atoms with Gasteiger partial charge < -0.3 is 5.32 Å². The lowest BCUT2D eigenvalue weighted by Gasteiger charge is -2.09. The minimum absolute atomic E-state index is 0.302. The van der Waals surface area contributed by atoms with Gasteiger partial charge in [-0.1, -0.05) is 35.3 Å². The van der Waals surface area contributed by atoms with Gasteiger partial charge >= 0.3 is 0 Å². The largest absolute Gasteiger partial charge is 0.321 e. The Labute approximate surface area is 189 Å². The molecule has 0 saturated carbocycles. The molecule has 0 aliphatic carbocycles. The summed E-state index contributed by atoms with van der Waals surface area (Å²) in [6.45, 7) is 4.06. The Morgan fingerprint density at radius 3 is 2.32 bits per heavy atom. The van der Waals surface area contributed by atoms with Gasteiger partial charge in [0.05, 0.1) is 21.4 Å². The van der Waals surface area contributed by atoms with Gasteiger partial charge in [0.25, 0.3) is 5.91 Å². The molecule has 0 aliphatic rings. The molecule has 4 aromatic rings. The summed E-state index contributed by atoms with van der Waals surface area (Å²) in [4.78, 5) is 13.1. The molecular formula is C24H18Cl2FN3O. The number of carbonyl (C=O) groups is 1. The van der Waals surface area contributed by atoms with Crippen molar-refractivity contribution in [3.63, 3.8) is 0 Å². The standard InChI is InChI=1S/C24H18Cl2FN3O/c1-14-3-4-16(11-15(14)2)22-13-23(24(31)28-18-7-5-17(27)6-8-18)30(29-22)19-9-10-20(25)21(26)12-19/h3-13H,1-2H3,(H,28,31). The van der Waals surface area contributed by atoms with E-state index in [-0.39, 0.29) is 11.7 Å². The van der Waals surface area contributed by atoms with Crippen molar-refractivity contribution in [2.75, 3.05) is 5.32 Å². The van der Waals surface area contributed by atoms with Gasteiger partial charge in [0.15, 0.2) is 0 Å². The summed E-state index contributed by atoms with van der Waals surface area (Å²) >= 11 is 12.2. The molecular weight excluding hydrogens is 436 g/mol. The number of carbonyl (C=O) groups excluding carboxylic acids is 1. The summed E-state index contributed by atoms with van der Waals surface area (Å²) < 4.78 is 14.7. The maximum Gasteiger partial charge on any atom is 0.274 e. The molecule has 0 aliphatic heterocycles. The number of nitrogens with zero attached hydrogens (tertiary/aromatic N) is 2. The van der Waals surface area contributed by atoms with Crippen LogP contribution in [0.5, 0.6) is 0 Å². The second-order valence-corrected chi connectivity index (χ2v) is 8.00. The Morgan fingerprint density at radius 2 is 1.65 bits per heavy atom. The molecule has 0 saturated heterocycles. The van der Waals surface area contributed by atoms with E-state index in [1.165, 1.54) is 34.5 Å². The van der Waals surface area contributed by atoms with Crippen LogP contribution in [-0.4, -0.2) is 15.7 Å². The van der Waals surface area contributed by atoms with Crippen molar-refractivity contribution in [2.24, 2.45) is 0 Å². The molecule has 0 atom stereocenters. The molecule has 156 valence electrons. The Hall–Kier alpha value is -3.15. The summed E-state index contributed by atoms with van der Waals surface area (Å²) in [5, 5.41) is 8.21. The average molecular weight is 454 g/mol. The quantitative estimate of drug-likeness (QED) is 0.367. The first-order valence-corrected chi connectivity index (χ1v) is 10.3. The van der Waals surface area contributed by atoms with Crippen LogP contribution < -0.4 is 5.32 Å². The Morgan fingerprint density at radius 1 is 0.903 bits per heavy atom. The zero-order chi connectivity index (χ0) is 22.1. The van der Waals surface area contributed by atoms with Crippen molar-refractivity contribution in [2.45, 2.75) is 13.8 Å². The Bertz CT molecular complexity index is 1280. The number of anilines is 1. The number of hydrogen-bond acceptors (Lipinski definition) is 2. The first kappa shape index (κ1) is 21.1. The van der Waals surface area contributed by atoms with Gasteiger partial charge in [-0.2, -0.15) is 5.10 Å². The monoisotopic (exact) mass is 453 g/mol. The Balaban J connectivity index is 1.80. The maximum absolute atomic E-state index is 13.2. The summed E-state index contributed by atoms with van der Waals surface area (Å²) in [6.07, 6.45) is 0. The van der Waals surface area contributed by atoms with Crippen molar-refractivity contribution in [3.8, 4) is 16.9 Å². The van der Waals surface area contributed by atoms with E-state index in [1.54, 1.807) is 24.3 Å².